The average Bonchev–Trinajstić information content (AvgIpc) is 2.69. The molecular formula is C12H21N3. The fourth-order valence-electron chi connectivity index (χ4n) is 2.20. The normalized spacial score (nSPS) is 20.8. The number of rotatable bonds is 1. The molecule has 0 aliphatic heterocycles. The Morgan fingerprint density at radius 2 is 1.93 bits per heavy atom. The summed E-state index contributed by atoms with van der Waals surface area (Å²) in [5, 5.41) is 0. The van der Waals surface area contributed by atoms with E-state index in [1.807, 2.05) is 6.20 Å². The van der Waals surface area contributed by atoms with Crippen LogP contribution in [0.3, 0.4) is 0 Å². The van der Waals surface area contributed by atoms with E-state index >= 15 is 0 Å². The summed E-state index contributed by atoms with van der Waals surface area (Å²) in [7, 11) is 0. The minimum absolute atomic E-state index is 0.125. The molecule has 2 rings (SSSR count). The molecule has 1 fully saturated rings. The zero-order chi connectivity index (χ0) is 11.1. The number of H-pyrrole nitrogens is 1. The summed E-state index contributed by atoms with van der Waals surface area (Å²) in [6, 6.07) is 0. The minimum atomic E-state index is -0.191. The highest BCUT2D eigenvalue weighted by atomic mass is 15.0. The van der Waals surface area contributed by atoms with Crippen molar-refractivity contribution in [2.24, 2.45) is 5.73 Å². The third kappa shape index (κ3) is 1.93. The summed E-state index contributed by atoms with van der Waals surface area (Å²) < 4.78 is 0. The van der Waals surface area contributed by atoms with Crippen LogP contribution in [0.4, 0.5) is 0 Å². The van der Waals surface area contributed by atoms with E-state index in [0.717, 1.165) is 18.7 Å². The van der Waals surface area contributed by atoms with Crippen LogP contribution in [0.25, 0.3) is 0 Å². The zero-order valence-corrected chi connectivity index (χ0v) is 9.93. The van der Waals surface area contributed by atoms with E-state index in [9.17, 15) is 0 Å². The molecule has 1 aliphatic rings. The van der Waals surface area contributed by atoms with E-state index in [1.165, 1.54) is 18.5 Å². The third-order valence-corrected chi connectivity index (χ3v) is 3.35. The molecule has 1 heterocycles. The van der Waals surface area contributed by atoms with Gasteiger partial charge in [0.1, 0.15) is 5.82 Å². The Morgan fingerprint density at radius 1 is 1.33 bits per heavy atom. The third-order valence-electron chi connectivity index (χ3n) is 3.35. The first-order valence-corrected chi connectivity index (χ1v) is 5.77. The van der Waals surface area contributed by atoms with Gasteiger partial charge in [-0.05, 0) is 12.8 Å². The molecule has 1 aromatic heterocycles. The van der Waals surface area contributed by atoms with Crippen molar-refractivity contribution in [3.05, 3.63) is 17.7 Å². The van der Waals surface area contributed by atoms with E-state index in [0.29, 0.717) is 0 Å². The SMILES string of the molecule is CC(C)(C)c1cnc(C2(N)CCCC2)[nH]1. The summed E-state index contributed by atoms with van der Waals surface area (Å²) >= 11 is 0. The lowest BCUT2D eigenvalue weighted by Crippen LogP contribution is -2.34. The second kappa shape index (κ2) is 3.34. The first-order chi connectivity index (χ1) is 6.92. The van der Waals surface area contributed by atoms with Gasteiger partial charge in [0.15, 0.2) is 0 Å². The molecule has 0 radical (unpaired) electrons. The second-order valence-electron chi connectivity index (χ2n) is 5.76. The number of nitrogens with zero attached hydrogens (tertiary/aromatic N) is 1. The quantitative estimate of drug-likeness (QED) is 0.743. The Balaban J connectivity index is 2.27. The Hall–Kier alpha value is -0.830. The molecule has 0 spiro atoms. The Bertz CT molecular complexity index is 340. The summed E-state index contributed by atoms with van der Waals surface area (Å²) in [6.07, 6.45) is 6.50. The number of imidazole rings is 1. The van der Waals surface area contributed by atoms with Crippen molar-refractivity contribution < 1.29 is 0 Å². The predicted molar refractivity (Wildman–Crippen MR) is 61.6 cm³/mol. The van der Waals surface area contributed by atoms with Crippen LogP contribution in [0.5, 0.6) is 0 Å². The number of hydrogen-bond acceptors (Lipinski definition) is 2. The van der Waals surface area contributed by atoms with Crippen LogP contribution in [0.15, 0.2) is 6.20 Å². The van der Waals surface area contributed by atoms with Gasteiger partial charge in [0, 0.05) is 17.3 Å². The molecular weight excluding hydrogens is 186 g/mol. The van der Waals surface area contributed by atoms with E-state index in [2.05, 4.69) is 30.7 Å². The molecule has 0 amide bonds. The van der Waals surface area contributed by atoms with Gasteiger partial charge >= 0.3 is 0 Å². The van der Waals surface area contributed by atoms with Crippen molar-refractivity contribution in [1.82, 2.24) is 9.97 Å². The van der Waals surface area contributed by atoms with Gasteiger partial charge in [-0.1, -0.05) is 33.6 Å². The highest BCUT2D eigenvalue weighted by Crippen LogP contribution is 2.35. The molecule has 0 bridgehead atoms. The highest BCUT2D eigenvalue weighted by molar-refractivity contribution is 5.17. The van der Waals surface area contributed by atoms with Gasteiger partial charge in [-0.25, -0.2) is 4.98 Å². The highest BCUT2D eigenvalue weighted by Gasteiger charge is 2.34. The second-order valence-corrected chi connectivity index (χ2v) is 5.76. The molecule has 15 heavy (non-hydrogen) atoms. The first-order valence-electron chi connectivity index (χ1n) is 5.77. The number of hydrogen-bond donors (Lipinski definition) is 2. The fourth-order valence-corrected chi connectivity index (χ4v) is 2.20. The molecule has 1 aromatic rings. The molecule has 3 heteroatoms. The number of aromatic nitrogens is 2. The van der Waals surface area contributed by atoms with Gasteiger partial charge in [0.05, 0.1) is 5.54 Å². The van der Waals surface area contributed by atoms with Crippen molar-refractivity contribution >= 4 is 0 Å². The van der Waals surface area contributed by atoms with Crippen LogP contribution in [0, 0.1) is 0 Å². The van der Waals surface area contributed by atoms with Crippen LogP contribution in [-0.4, -0.2) is 9.97 Å². The van der Waals surface area contributed by atoms with Gasteiger partial charge < -0.3 is 10.7 Å². The van der Waals surface area contributed by atoms with E-state index in [-0.39, 0.29) is 11.0 Å². The maximum atomic E-state index is 6.34. The molecule has 84 valence electrons. The van der Waals surface area contributed by atoms with Gasteiger partial charge in [0.25, 0.3) is 0 Å². The fraction of sp³-hybridized carbons (Fsp3) is 0.750. The Kier molecular flexibility index (Phi) is 2.38. The Labute approximate surface area is 91.5 Å². The number of aromatic amines is 1. The number of nitrogens with two attached hydrogens (primary N) is 1. The van der Waals surface area contributed by atoms with Crippen LogP contribution < -0.4 is 5.73 Å². The minimum Gasteiger partial charge on any atom is -0.344 e. The molecule has 3 nitrogen and oxygen atoms in total. The van der Waals surface area contributed by atoms with Gasteiger partial charge in [-0.2, -0.15) is 0 Å². The molecule has 0 aromatic carbocycles. The molecule has 0 unspecified atom stereocenters. The van der Waals surface area contributed by atoms with Crippen LogP contribution >= 0.6 is 0 Å². The smallest absolute Gasteiger partial charge is 0.126 e. The lowest BCUT2D eigenvalue weighted by molar-refractivity contribution is 0.432. The van der Waals surface area contributed by atoms with Crippen molar-refractivity contribution in [3.8, 4) is 0 Å². The molecule has 1 aliphatic carbocycles. The van der Waals surface area contributed by atoms with E-state index < -0.39 is 0 Å². The van der Waals surface area contributed by atoms with Crippen molar-refractivity contribution in [1.29, 1.82) is 0 Å². The zero-order valence-electron chi connectivity index (χ0n) is 9.93. The summed E-state index contributed by atoms with van der Waals surface area (Å²) in [6.45, 7) is 6.55. The van der Waals surface area contributed by atoms with E-state index in [4.69, 9.17) is 5.73 Å². The van der Waals surface area contributed by atoms with Crippen molar-refractivity contribution in [2.45, 2.75) is 57.4 Å². The largest absolute Gasteiger partial charge is 0.344 e. The summed E-state index contributed by atoms with van der Waals surface area (Å²) in [5.41, 5.74) is 7.45. The lowest BCUT2D eigenvalue weighted by atomic mass is 9.93. The maximum Gasteiger partial charge on any atom is 0.126 e. The standard InChI is InChI=1S/C12H21N3/c1-11(2,3)9-8-14-10(15-9)12(13)6-4-5-7-12/h8H,4-7,13H2,1-3H3,(H,14,15). The van der Waals surface area contributed by atoms with Crippen molar-refractivity contribution in [2.75, 3.05) is 0 Å². The van der Waals surface area contributed by atoms with Gasteiger partial charge in [0.2, 0.25) is 0 Å². The summed E-state index contributed by atoms with van der Waals surface area (Å²) in [4.78, 5) is 7.86. The molecule has 0 saturated heterocycles. The maximum absolute atomic E-state index is 6.34. The average molecular weight is 207 g/mol. The molecule has 0 atom stereocenters. The van der Waals surface area contributed by atoms with Crippen LogP contribution in [-0.2, 0) is 11.0 Å². The first kappa shape index (κ1) is 10.7. The lowest BCUT2D eigenvalue weighted by Gasteiger charge is -2.21. The van der Waals surface area contributed by atoms with Gasteiger partial charge in [-0.15, -0.1) is 0 Å². The summed E-state index contributed by atoms with van der Waals surface area (Å²) in [5.74, 6) is 0.977. The molecule has 3 N–H and O–H groups in total. The Morgan fingerprint density at radius 3 is 2.40 bits per heavy atom. The van der Waals surface area contributed by atoms with Crippen molar-refractivity contribution in [3.63, 3.8) is 0 Å². The van der Waals surface area contributed by atoms with Gasteiger partial charge in [-0.3, -0.25) is 0 Å². The van der Waals surface area contributed by atoms with E-state index in [1.54, 1.807) is 0 Å². The predicted octanol–water partition coefficient (Wildman–Crippen LogP) is 2.44. The molecule has 1 saturated carbocycles. The van der Waals surface area contributed by atoms with Crippen LogP contribution in [0.1, 0.15) is 58.0 Å². The topological polar surface area (TPSA) is 54.7 Å². The number of nitrogens with one attached hydrogen (secondary N) is 1. The van der Waals surface area contributed by atoms with Crippen LogP contribution in [0.2, 0.25) is 0 Å². The monoisotopic (exact) mass is 207 g/mol.